The zero-order chi connectivity index (χ0) is 20.5. The standard InChI is InChI=1S/C20H25N3O4S/c1-13-11-14(2)18(15(3)12-13)28(26,27)23-9-6-16(7-10-23)20(25)22-19-17(24)5-4-8-21-19/h4-5,8,11-12,16,24H,6-7,9-10H2,1-3H3,(H,21,22,25). The Morgan fingerprint density at radius 1 is 1.18 bits per heavy atom. The largest absolute Gasteiger partial charge is 0.504 e. The van der Waals surface area contributed by atoms with Crippen molar-refractivity contribution in [2.45, 2.75) is 38.5 Å². The SMILES string of the molecule is Cc1cc(C)c(S(=O)(=O)N2CCC(C(=O)Nc3ncccc3O)CC2)c(C)c1. The summed E-state index contributed by atoms with van der Waals surface area (Å²) < 4.78 is 27.7. The maximum atomic E-state index is 13.1. The molecular formula is C20H25N3O4S. The Kier molecular flexibility index (Phi) is 5.71. The Morgan fingerprint density at radius 3 is 2.36 bits per heavy atom. The molecule has 0 aliphatic carbocycles. The molecule has 0 spiro atoms. The van der Waals surface area contributed by atoms with E-state index in [0.717, 1.165) is 16.7 Å². The molecule has 1 aliphatic heterocycles. The van der Waals surface area contributed by atoms with Crippen LogP contribution in [-0.4, -0.2) is 41.8 Å². The van der Waals surface area contributed by atoms with Gasteiger partial charge in [-0.05, 0) is 56.9 Å². The van der Waals surface area contributed by atoms with Crippen LogP contribution in [0.1, 0.15) is 29.5 Å². The van der Waals surface area contributed by atoms with E-state index >= 15 is 0 Å². The third kappa shape index (κ3) is 4.02. The molecule has 0 atom stereocenters. The molecule has 1 amide bonds. The zero-order valence-corrected chi connectivity index (χ0v) is 17.1. The lowest BCUT2D eigenvalue weighted by Crippen LogP contribution is -2.41. The van der Waals surface area contributed by atoms with E-state index in [1.54, 1.807) is 6.07 Å². The Labute approximate surface area is 165 Å². The van der Waals surface area contributed by atoms with Gasteiger partial charge in [0, 0.05) is 25.2 Å². The number of pyridine rings is 1. The molecule has 2 N–H and O–H groups in total. The minimum atomic E-state index is -3.61. The van der Waals surface area contributed by atoms with Crippen molar-refractivity contribution in [2.75, 3.05) is 18.4 Å². The van der Waals surface area contributed by atoms with Gasteiger partial charge in [-0.15, -0.1) is 0 Å². The Balaban J connectivity index is 1.70. The first-order valence-electron chi connectivity index (χ1n) is 9.23. The number of hydrogen-bond donors (Lipinski definition) is 2. The number of anilines is 1. The van der Waals surface area contributed by atoms with Crippen molar-refractivity contribution >= 4 is 21.7 Å². The van der Waals surface area contributed by atoms with Gasteiger partial charge >= 0.3 is 0 Å². The predicted octanol–water partition coefficient (Wildman–Crippen LogP) is 2.75. The molecule has 2 aromatic rings. The molecule has 1 saturated heterocycles. The molecular weight excluding hydrogens is 378 g/mol. The van der Waals surface area contributed by atoms with Gasteiger partial charge in [0.25, 0.3) is 0 Å². The summed E-state index contributed by atoms with van der Waals surface area (Å²) in [5, 5.41) is 12.4. The molecule has 0 saturated carbocycles. The maximum Gasteiger partial charge on any atom is 0.243 e. The van der Waals surface area contributed by atoms with Crippen LogP contribution in [0.15, 0.2) is 35.4 Å². The summed E-state index contributed by atoms with van der Waals surface area (Å²) in [6, 6.07) is 6.77. The van der Waals surface area contributed by atoms with E-state index in [1.165, 1.54) is 16.6 Å². The van der Waals surface area contributed by atoms with Crippen LogP contribution in [0.3, 0.4) is 0 Å². The highest BCUT2D eigenvalue weighted by Crippen LogP contribution is 2.29. The lowest BCUT2D eigenvalue weighted by atomic mass is 9.97. The number of amides is 1. The number of hydrogen-bond acceptors (Lipinski definition) is 5. The highest BCUT2D eigenvalue weighted by Gasteiger charge is 2.34. The fourth-order valence-corrected chi connectivity index (χ4v) is 5.65. The number of aryl methyl sites for hydroxylation is 3. The molecule has 1 aliphatic rings. The number of piperidine rings is 1. The second-order valence-corrected chi connectivity index (χ2v) is 9.14. The number of carbonyl (C=O) groups is 1. The molecule has 0 radical (unpaired) electrons. The van der Waals surface area contributed by atoms with E-state index in [0.29, 0.717) is 17.7 Å². The average Bonchev–Trinajstić information content (AvgIpc) is 2.62. The Hall–Kier alpha value is -2.45. The van der Waals surface area contributed by atoms with Gasteiger partial charge in [0.15, 0.2) is 11.6 Å². The normalized spacial score (nSPS) is 16.1. The lowest BCUT2D eigenvalue weighted by Gasteiger charge is -2.31. The topological polar surface area (TPSA) is 99.6 Å². The average molecular weight is 404 g/mol. The second-order valence-electron chi connectivity index (χ2n) is 7.27. The first kappa shape index (κ1) is 20.3. The smallest absolute Gasteiger partial charge is 0.243 e. The quantitative estimate of drug-likeness (QED) is 0.818. The number of aromatic hydroxyl groups is 1. The molecule has 8 heteroatoms. The number of aromatic nitrogens is 1. The van der Waals surface area contributed by atoms with Crippen LogP contribution < -0.4 is 5.32 Å². The minimum Gasteiger partial charge on any atom is -0.504 e. The van der Waals surface area contributed by atoms with Gasteiger partial charge in [0.1, 0.15) is 0 Å². The van der Waals surface area contributed by atoms with Crippen molar-refractivity contribution in [3.63, 3.8) is 0 Å². The summed E-state index contributed by atoms with van der Waals surface area (Å²) in [6.07, 6.45) is 2.32. The highest BCUT2D eigenvalue weighted by molar-refractivity contribution is 7.89. The van der Waals surface area contributed by atoms with Gasteiger partial charge in [-0.1, -0.05) is 17.7 Å². The molecule has 28 heavy (non-hydrogen) atoms. The van der Waals surface area contributed by atoms with Gasteiger partial charge in [0.05, 0.1) is 4.90 Å². The summed E-state index contributed by atoms with van der Waals surface area (Å²) in [6.45, 7) is 6.13. The number of benzene rings is 1. The van der Waals surface area contributed by atoms with Crippen LogP contribution >= 0.6 is 0 Å². The maximum absolute atomic E-state index is 13.1. The molecule has 150 valence electrons. The fourth-order valence-electron chi connectivity index (χ4n) is 3.77. The number of rotatable bonds is 4. The van der Waals surface area contributed by atoms with E-state index in [9.17, 15) is 18.3 Å². The van der Waals surface area contributed by atoms with Crippen LogP contribution in [0.25, 0.3) is 0 Å². The summed E-state index contributed by atoms with van der Waals surface area (Å²) in [5.74, 6) is -0.559. The summed E-state index contributed by atoms with van der Waals surface area (Å²) in [4.78, 5) is 16.8. The molecule has 0 unspecified atom stereocenters. The number of nitrogens with one attached hydrogen (secondary N) is 1. The molecule has 1 fully saturated rings. The van der Waals surface area contributed by atoms with Crippen LogP contribution in [-0.2, 0) is 14.8 Å². The summed E-state index contributed by atoms with van der Waals surface area (Å²) in [5.41, 5.74) is 2.51. The number of nitrogens with zero attached hydrogens (tertiary/aromatic N) is 2. The molecule has 1 aromatic heterocycles. The van der Waals surface area contributed by atoms with Gasteiger partial charge in [-0.25, -0.2) is 13.4 Å². The van der Waals surface area contributed by atoms with Crippen molar-refractivity contribution in [3.05, 3.63) is 47.2 Å². The van der Waals surface area contributed by atoms with Gasteiger partial charge in [-0.2, -0.15) is 4.31 Å². The van der Waals surface area contributed by atoms with Gasteiger partial charge in [0.2, 0.25) is 15.9 Å². The van der Waals surface area contributed by atoms with Crippen LogP contribution in [0, 0.1) is 26.7 Å². The third-order valence-electron chi connectivity index (χ3n) is 5.06. The van der Waals surface area contributed by atoms with E-state index in [1.807, 2.05) is 32.9 Å². The predicted molar refractivity (Wildman–Crippen MR) is 107 cm³/mol. The minimum absolute atomic E-state index is 0.0961. The Morgan fingerprint density at radius 2 is 1.79 bits per heavy atom. The fraction of sp³-hybridized carbons (Fsp3) is 0.400. The van der Waals surface area contributed by atoms with Gasteiger partial charge < -0.3 is 10.4 Å². The van der Waals surface area contributed by atoms with Crippen molar-refractivity contribution in [3.8, 4) is 5.75 Å². The van der Waals surface area contributed by atoms with E-state index in [4.69, 9.17) is 0 Å². The highest BCUT2D eigenvalue weighted by atomic mass is 32.2. The molecule has 1 aromatic carbocycles. The van der Waals surface area contributed by atoms with Crippen molar-refractivity contribution in [2.24, 2.45) is 5.92 Å². The summed E-state index contributed by atoms with van der Waals surface area (Å²) >= 11 is 0. The van der Waals surface area contributed by atoms with Crippen molar-refractivity contribution in [1.29, 1.82) is 0 Å². The van der Waals surface area contributed by atoms with E-state index in [-0.39, 0.29) is 36.5 Å². The molecule has 7 nitrogen and oxygen atoms in total. The van der Waals surface area contributed by atoms with Crippen LogP contribution in [0.4, 0.5) is 5.82 Å². The monoisotopic (exact) mass is 403 g/mol. The lowest BCUT2D eigenvalue weighted by molar-refractivity contribution is -0.120. The molecule has 3 rings (SSSR count). The van der Waals surface area contributed by atoms with E-state index < -0.39 is 10.0 Å². The van der Waals surface area contributed by atoms with Crippen molar-refractivity contribution < 1.29 is 18.3 Å². The third-order valence-corrected chi connectivity index (χ3v) is 7.26. The molecule has 0 bridgehead atoms. The van der Waals surface area contributed by atoms with Crippen molar-refractivity contribution in [1.82, 2.24) is 9.29 Å². The van der Waals surface area contributed by atoms with E-state index in [2.05, 4.69) is 10.3 Å². The Bertz CT molecular complexity index is 973. The van der Waals surface area contributed by atoms with Crippen LogP contribution in [0.5, 0.6) is 5.75 Å². The zero-order valence-electron chi connectivity index (χ0n) is 16.3. The van der Waals surface area contributed by atoms with Crippen LogP contribution in [0.2, 0.25) is 0 Å². The summed E-state index contributed by atoms with van der Waals surface area (Å²) in [7, 11) is -3.61. The first-order valence-corrected chi connectivity index (χ1v) is 10.7. The number of carbonyl (C=O) groups excluding carboxylic acids is 1. The molecule has 2 heterocycles. The first-order chi connectivity index (χ1) is 13.2. The number of sulfonamides is 1. The van der Waals surface area contributed by atoms with Gasteiger partial charge in [-0.3, -0.25) is 4.79 Å². The second kappa shape index (κ2) is 7.89.